The monoisotopic (exact) mass is 325 g/mol. The van der Waals surface area contributed by atoms with E-state index >= 15 is 0 Å². The fraction of sp³-hybridized carbons (Fsp3) is 0.750. The topological polar surface area (TPSA) is 94.3 Å². The van der Waals surface area contributed by atoms with Gasteiger partial charge in [-0.3, -0.25) is 4.79 Å². The number of carbonyl (C=O) groups is 2. The van der Waals surface area contributed by atoms with E-state index in [0.29, 0.717) is 5.89 Å². The van der Waals surface area contributed by atoms with Crippen molar-refractivity contribution in [3.05, 3.63) is 11.8 Å². The maximum atomic E-state index is 12.6. The molecular weight excluding hydrogens is 298 g/mol. The second-order valence-electron chi connectivity index (χ2n) is 7.89. The summed E-state index contributed by atoms with van der Waals surface area (Å²) in [4.78, 5) is 24.5. The minimum Gasteiger partial charge on any atom is -0.444 e. The zero-order valence-corrected chi connectivity index (χ0v) is 15.2. The minimum atomic E-state index is -0.793. The van der Waals surface area contributed by atoms with Crippen LogP contribution in [0.5, 0.6) is 0 Å². The van der Waals surface area contributed by atoms with Crippen LogP contribution < -0.4 is 5.32 Å². The molecule has 0 fully saturated rings. The van der Waals surface area contributed by atoms with Gasteiger partial charge in [0.25, 0.3) is 5.89 Å². The van der Waals surface area contributed by atoms with Gasteiger partial charge in [0.15, 0.2) is 0 Å². The first-order valence-electron chi connectivity index (χ1n) is 7.69. The third kappa shape index (κ3) is 5.65. The van der Waals surface area contributed by atoms with Gasteiger partial charge in [0.05, 0.1) is 0 Å². The van der Waals surface area contributed by atoms with Gasteiger partial charge >= 0.3 is 6.09 Å². The Labute approximate surface area is 137 Å². The molecule has 7 nitrogen and oxygen atoms in total. The summed E-state index contributed by atoms with van der Waals surface area (Å²) in [7, 11) is 0. The standard InChI is InChI=1S/C16H27N3O4/c1-9(2)10(17-14(21)23-16(6,7)8)11(20)12-18-19-13(22-12)15(3,4)5/h9-10H,1-8H3,(H,17,21). The Bertz CT molecular complexity index is 565. The number of nitrogens with one attached hydrogen (secondary N) is 1. The van der Waals surface area contributed by atoms with Crippen molar-refractivity contribution in [1.29, 1.82) is 0 Å². The van der Waals surface area contributed by atoms with E-state index in [9.17, 15) is 9.59 Å². The molecular formula is C16H27N3O4. The quantitative estimate of drug-likeness (QED) is 0.855. The van der Waals surface area contributed by atoms with Crippen molar-refractivity contribution in [2.45, 2.75) is 72.4 Å². The number of aromatic nitrogens is 2. The minimum absolute atomic E-state index is 0.107. The molecule has 23 heavy (non-hydrogen) atoms. The van der Waals surface area contributed by atoms with Crippen molar-refractivity contribution in [3.63, 3.8) is 0 Å². The molecule has 0 radical (unpaired) electrons. The maximum absolute atomic E-state index is 12.6. The van der Waals surface area contributed by atoms with Crippen LogP contribution in [0.4, 0.5) is 4.79 Å². The van der Waals surface area contributed by atoms with Gasteiger partial charge in [-0.25, -0.2) is 4.79 Å². The van der Waals surface area contributed by atoms with Gasteiger partial charge in [-0.05, 0) is 26.7 Å². The number of carbonyl (C=O) groups excluding carboxylic acids is 2. The van der Waals surface area contributed by atoms with Crippen LogP contribution in [0, 0.1) is 5.92 Å². The lowest BCUT2D eigenvalue weighted by Gasteiger charge is -2.24. The first-order chi connectivity index (χ1) is 10.3. The molecule has 0 spiro atoms. The van der Waals surface area contributed by atoms with E-state index in [2.05, 4.69) is 15.5 Å². The molecule has 1 aromatic rings. The number of hydrogen-bond acceptors (Lipinski definition) is 6. The zero-order chi connectivity index (χ0) is 18.0. The highest BCUT2D eigenvalue weighted by Gasteiger charge is 2.32. The van der Waals surface area contributed by atoms with Gasteiger partial charge in [0.2, 0.25) is 11.7 Å². The van der Waals surface area contributed by atoms with Crippen LogP contribution in [0.2, 0.25) is 0 Å². The lowest BCUT2D eigenvalue weighted by Crippen LogP contribution is -2.46. The lowest BCUT2D eigenvalue weighted by atomic mass is 9.97. The van der Waals surface area contributed by atoms with Crippen molar-refractivity contribution in [2.75, 3.05) is 0 Å². The Hall–Kier alpha value is -1.92. The van der Waals surface area contributed by atoms with E-state index in [-0.39, 0.29) is 17.2 Å². The van der Waals surface area contributed by atoms with E-state index in [4.69, 9.17) is 9.15 Å². The van der Waals surface area contributed by atoms with Crippen molar-refractivity contribution in [1.82, 2.24) is 15.5 Å². The summed E-state index contributed by atoms with van der Waals surface area (Å²) in [5.74, 6) is -0.306. The molecule has 1 aromatic heterocycles. The van der Waals surface area contributed by atoms with Crippen LogP contribution in [0.1, 0.15) is 72.0 Å². The molecule has 0 aliphatic heterocycles. The number of amides is 1. The van der Waals surface area contributed by atoms with E-state index in [1.165, 1.54) is 0 Å². The Kier molecular flexibility index (Phi) is 5.56. The summed E-state index contributed by atoms with van der Waals surface area (Å²) in [6, 6.07) is -0.793. The second-order valence-corrected chi connectivity index (χ2v) is 7.89. The van der Waals surface area contributed by atoms with E-state index in [0.717, 1.165) is 0 Å². The molecule has 1 unspecified atom stereocenters. The number of alkyl carbamates (subject to hydrolysis) is 1. The molecule has 0 aromatic carbocycles. The van der Waals surface area contributed by atoms with Gasteiger partial charge in [-0.1, -0.05) is 34.6 Å². The summed E-state index contributed by atoms with van der Waals surface area (Å²) in [6.45, 7) is 14.6. The number of ether oxygens (including phenoxy) is 1. The largest absolute Gasteiger partial charge is 0.444 e. The van der Waals surface area contributed by atoms with Crippen molar-refractivity contribution >= 4 is 11.9 Å². The second kappa shape index (κ2) is 6.68. The number of rotatable bonds is 4. The number of nitrogens with zero attached hydrogens (tertiary/aromatic N) is 2. The van der Waals surface area contributed by atoms with Gasteiger partial charge in [0, 0.05) is 5.41 Å². The molecule has 1 amide bonds. The highest BCUT2D eigenvalue weighted by atomic mass is 16.6. The van der Waals surface area contributed by atoms with Crippen LogP contribution in [0.25, 0.3) is 0 Å². The Morgan fingerprint density at radius 2 is 1.65 bits per heavy atom. The number of ketones is 1. The molecule has 0 aliphatic rings. The molecule has 0 aliphatic carbocycles. The highest BCUT2D eigenvalue weighted by molar-refractivity contribution is 5.98. The first-order valence-corrected chi connectivity index (χ1v) is 7.69. The van der Waals surface area contributed by atoms with E-state index in [1.807, 2.05) is 34.6 Å². The van der Waals surface area contributed by atoms with Crippen molar-refractivity contribution in [2.24, 2.45) is 5.92 Å². The fourth-order valence-corrected chi connectivity index (χ4v) is 1.73. The molecule has 0 bridgehead atoms. The summed E-state index contributed by atoms with van der Waals surface area (Å²) >= 11 is 0. The molecule has 1 atom stereocenters. The lowest BCUT2D eigenvalue weighted by molar-refractivity contribution is 0.0472. The summed E-state index contributed by atoms with van der Waals surface area (Å²) in [5, 5.41) is 10.3. The number of Topliss-reactive ketones (excluding diaryl/α,β-unsaturated/α-hetero) is 1. The van der Waals surface area contributed by atoms with Crippen LogP contribution >= 0.6 is 0 Å². The predicted molar refractivity (Wildman–Crippen MR) is 85.3 cm³/mol. The molecule has 0 saturated carbocycles. The summed E-state index contributed by atoms with van der Waals surface area (Å²) < 4.78 is 10.7. The molecule has 1 N–H and O–H groups in total. The highest BCUT2D eigenvalue weighted by Crippen LogP contribution is 2.21. The first kappa shape index (κ1) is 19.1. The SMILES string of the molecule is CC(C)C(NC(=O)OC(C)(C)C)C(=O)c1nnc(C(C)(C)C)o1. The zero-order valence-electron chi connectivity index (χ0n) is 15.2. The van der Waals surface area contributed by atoms with Crippen LogP contribution in [-0.4, -0.2) is 33.7 Å². The fourth-order valence-electron chi connectivity index (χ4n) is 1.73. The van der Waals surface area contributed by atoms with Crippen LogP contribution in [0.3, 0.4) is 0 Å². The van der Waals surface area contributed by atoms with Gasteiger partial charge in [-0.15, -0.1) is 10.2 Å². The van der Waals surface area contributed by atoms with Crippen molar-refractivity contribution in [3.8, 4) is 0 Å². The third-order valence-corrected chi connectivity index (χ3v) is 2.90. The molecule has 1 heterocycles. The predicted octanol–water partition coefficient (Wildman–Crippen LogP) is 3.10. The van der Waals surface area contributed by atoms with Crippen molar-refractivity contribution < 1.29 is 18.7 Å². The Morgan fingerprint density at radius 3 is 2.04 bits per heavy atom. The van der Waals surface area contributed by atoms with Crippen LogP contribution in [-0.2, 0) is 10.2 Å². The molecule has 1 rings (SSSR count). The third-order valence-electron chi connectivity index (χ3n) is 2.90. The van der Waals surface area contributed by atoms with Crippen LogP contribution in [0.15, 0.2) is 4.42 Å². The smallest absolute Gasteiger partial charge is 0.408 e. The average molecular weight is 325 g/mol. The van der Waals surface area contributed by atoms with Gasteiger partial charge < -0.3 is 14.5 Å². The maximum Gasteiger partial charge on any atom is 0.408 e. The van der Waals surface area contributed by atoms with E-state index < -0.39 is 23.5 Å². The summed E-state index contributed by atoms with van der Waals surface area (Å²) in [6.07, 6.45) is -0.653. The molecule has 130 valence electrons. The molecule has 0 saturated heterocycles. The Morgan fingerprint density at radius 1 is 1.09 bits per heavy atom. The van der Waals surface area contributed by atoms with E-state index in [1.54, 1.807) is 20.8 Å². The van der Waals surface area contributed by atoms with Gasteiger partial charge in [0.1, 0.15) is 11.6 Å². The Balaban J connectivity index is 2.91. The summed E-state index contributed by atoms with van der Waals surface area (Å²) in [5.41, 5.74) is -0.990. The molecule has 7 heteroatoms. The normalized spacial score (nSPS) is 13.8. The van der Waals surface area contributed by atoms with Gasteiger partial charge in [-0.2, -0.15) is 0 Å². The number of hydrogen-bond donors (Lipinski definition) is 1. The average Bonchev–Trinajstić information content (AvgIpc) is 2.81.